The van der Waals surface area contributed by atoms with Gasteiger partial charge < -0.3 is 0 Å². The highest BCUT2D eigenvalue weighted by Gasteiger charge is 2.17. The summed E-state index contributed by atoms with van der Waals surface area (Å²) in [5, 5.41) is 19.9. The SMILES string of the molecule is Clc1ccc(-n2nnnc2-c2cn[nH]c2-c2ccccc2)cc1. The number of tetrazole rings is 1. The molecule has 4 rings (SSSR count). The van der Waals surface area contributed by atoms with Crippen LogP contribution in [0.25, 0.3) is 28.3 Å². The molecule has 0 radical (unpaired) electrons. The van der Waals surface area contributed by atoms with Crippen LogP contribution in [0.1, 0.15) is 0 Å². The first-order valence-corrected chi connectivity index (χ1v) is 7.34. The smallest absolute Gasteiger partial charge is 0.190 e. The first-order valence-electron chi connectivity index (χ1n) is 6.96. The van der Waals surface area contributed by atoms with E-state index in [0.29, 0.717) is 10.8 Å². The zero-order valence-electron chi connectivity index (χ0n) is 11.9. The topological polar surface area (TPSA) is 72.3 Å². The second kappa shape index (κ2) is 5.66. The highest BCUT2D eigenvalue weighted by molar-refractivity contribution is 6.30. The van der Waals surface area contributed by atoms with Gasteiger partial charge in [0.05, 0.1) is 23.1 Å². The number of nitrogens with zero attached hydrogens (tertiary/aromatic N) is 5. The van der Waals surface area contributed by atoms with Crippen molar-refractivity contribution in [3.05, 3.63) is 65.8 Å². The Bertz CT molecular complexity index is 927. The molecule has 2 aromatic carbocycles. The van der Waals surface area contributed by atoms with Gasteiger partial charge in [0.1, 0.15) is 0 Å². The second-order valence-corrected chi connectivity index (χ2v) is 5.35. The fourth-order valence-electron chi connectivity index (χ4n) is 2.39. The summed E-state index contributed by atoms with van der Waals surface area (Å²) in [6, 6.07) is 17.3. The number of nitrogens with one attached hydrogen (secondary N) is 1. The summed E-state index contributed by atoms with van der Waals surface area (Å²) in [7, 11) is 0. The lowest BCUT2D eigenvalue weighted by Crippen LogP contribution is -1.99. The molecule has 0 spiro atoms. The second-order valence-electron chi connectivity index (χ2n) is 4.92. The van der Waals surface area contributed by atoms with Crippen molar-refractivity contribution in [3.8, 4) is 28.3 Å². The van der Waals surface area contributed by atoms with Crippen LogP contribution >= 0.6 is 11.6 Å². The summed E-state index contributed by atoms with van der Waals surface area (Å²) in [6.45, 7) is 0. The third-order valence-corrected chi connectivity index (χ3v) is 3.74. The molecule has 0 saturated carbocycles. The maximum Gasteiger partial charge on any atom is 0.190 e. The van der Waals surface area contributed by atoms with Gasteiger partial charge in [-0.25, -0.2) is 0 Å². The Morgan fingerprint density at radius 3 is 2.52 bits per heavy atom. The highest BCUT2D eigenvalue weighted by atomic mass is 35.5. The molecule has 7 heteroatoms. The Balaban J connectivity index is 1.84. The van der Waals surface area contributed by atoms with E-state index in [2.05, 4.69) is 25.7 Å². The van der Waals surface area contributed by atoms with E-state index >= 15 is 0 Å². The van der Waals surface area contributed by atoms with Gasteiger partial charge in [0, 0.05) is 10.6 Å². The van der Waals surface area contributed by atoms with E-state index in [1.165, 1.54) is 0 Å². The summed E-state index contributed by atoms with van der Waals surface area (Å²) < 4.78 is 1.66. The molecular weight excluding hydrogens is 312 g/mol. The first kappa shape index (κ1) is 13.7. The van der Waals surface area contributed by atoms with E-state index in [9.17, 15) is 0 Å². The van der Waals surface area contributed by atoms with Crippen molar-refractivity contribution in [2.75, 3.05) is 0 Å². The molecule has 0 bridgehead atoms. The Kier molecular flexibility index (Phi) is 3.36. The summed E-state index contributed by atoms with van der Waals surface area (Å²) in [4.78, 5) is 0. The molecule has 23 heavy (non-hydrogen) atoms. The predicted molar refractivity (Wildman–Crippen MR) is 87.2 cm³/mol. The van der Waals surface area contributed by atoms with Gasteiger partial charge in [-0.15, -0.1) is 5.10 Å². The minimum Gasteiger partial charge on any atom is -0.277 e. The van der Waals surface area contributed by atoms with Crippen molar-refractivity contribution in [3.63, 3.8) is 0 Å². The van der Waals surface area contributed by atoms with Gasteiger partial charge in [-0.3, -0.25) is 5.10 Å². The fraction of sp³-hybridized carbons (Fsp3) is 0. The van der Waals surface area contributed by atoms with Crippen molar-refractivity contribution in [2.24, 2.45) is 0 Å². The van der Waals surface area contributed by atoms with E-state index in [4.69, 9.17) is 11.6 Å². The molecule has 0 fully saturated rings. The van der Waals surface area contributed by atoms with Crippen LogP contribution in [0.3, 0.4) is 0 Å². The lowest BCUT2D eigenvalue weighted by Gasteiger charge is -2.05. The maximum absolute atomic E-state index is 5.94. The number of hydrogen-bond acceptors (Lipinski definition) is 4. The number of H-pyrrole nitrogens is 1. The Morgan fingerprint density at radius 2 is 1.74 bits per heavy atom. The molecule has 1 N–H and O–H groups in total. The normalized spacial score (nSPS) is 10.8. The molecule has 6 nitrogen and oxygen atoms in total. The number of rotatable bonds is 3. The van der Waals surface area contributed by atoms with E-state index in [0.717, 1.165) is 22.5 Å². The summed E-state index contributed by atoms with van der Waals surface area (Å²) in [6.07, 6.45) is 1.72. The van der Waals surface area contributed by atoms with Crippen LogP contribution in [0, 0.1) is 0 Å². The molecule has 112 valence electrons. The Labute approximate surface area is 136 Å². The van der Waals surface area contributed by atoms with Gasteiger partial charge >= 0.3 is 0 Å². The lowest BCUT2D eigenvalue weighted by molar-refractivity contribution is 0.791. The van der Waals surface area contributed by atoms with Crippen LogP contribution in [-0.4, -0.2) is 30.4 Å². The monoisotopic (exact) mass is 322 g/mol. The van der Waals surface area contributed by atoms with Crippen LogP contribution in [-0.2, 0) is 0 Å². The van der Waals surface area contributed by atoms with Crippen LogP contribution in [0.5, 0.6) is 0 Å². The van der Waals surface area contributed by atoms with Crippen molar-refractivity contribution in [1.29, 1.82) is 0 Å². The van der Waals surface area contributed by atoms with Gasteiger partial charge in [0.2, 0.25) is 0 Å². The molecular formula is C16H11ClN6. The van der Waals surface area contributed by atoms with E-state index in [1.54, 1.807) is 23.0 Å². The molecule has 0 saturated heterocycles. The van der Waals surface area contributed by atoms with E-state index in [-0.39, 0.29) is 0 Å². The molecule has 0 atom stereocenters. The van der Waals surface area contributed by atoms with Gasteiger partial charge in [0.25, 0.3) is 0 Å². The zero-order chi connectivity index (χ0) is 15.6. The molecule has 2 heterocycles. The van der Waals surface area contributed by atoms with Crippen molar-refractivity contribution in [2.45, 2.75) is 0 Å². The molecule has 0 unspecified atom stereocenters. The van der Waals surface area contributed by atoms with E-state index in [1.807, 2.05) is 42.5 Å². The summed E-state index contributed by atoms with van der Waals surface area (Å²) in [5.41, 5.74) is 3.55. The van der Waals surface area contributed by atoms with Gasteiger partial charge in [-0.1, -0.05) is 41.9 Å². The molecule has 0 aliphatic carbocycles. The van der Waals surface area contributed by atoms with Crippen molar-refractivity contribution in [1.82, 2.24) is 30.4 Å². The van der Waals surface area contributed by atoms with Gasteiger partial charge in [0.15, 0.2) is 5.82 Å². The predicted octanol–water partition coefficient (Wildman–Crippen LogP) is 3.37. The largest absolute Gasteiger partial charge is 0.277 e. The summed E-state index contributed by atoms with van der Waals surface area (Å²) in [5.74, 6) is 0.611. The summed E-state index contributed by atoms with van der Waals surface area (Å²) >= 11 is 5.94. The standard InChI is InChI=1S/C16H11ClN6/c17-12-6-8-13(9-7-12)23-16(20-21-22-23)14-10-18-19-15(14)11-4-2-1-3-5-11/h1-10H,(H,18,19). The average Bonchev–Trinajstić information content (AvgIpc) is 3.25. The minimum absolute atomic E-state index is 0.611. The van der Waals surface area contributed by atoms with Crippen LogP contribution in [0.2, 0.25) is 5.02 Å². The first-order chi connectivity index (χ1) is 11.3. The lowest BCUT2D eigenvalue weighted by atomic mass is 10.1. The highest BCUT2D eigenvalue weighted by Crippen LogP contribution is 2.29. The maximum atomic E-state index is 5.94. The van der Waals surface area contributed by atoms with Crippen LogP contribution < -0.4 is 0 Å². The van der Waals surface area contributed by atoms with Crippen LogP contribution in [0.4, 0.5) is 0 Å². The molecule has 0 amide bonds. The Hall–Kier alpha value is -2.99. The molecule has 2 aromatic heterocycles. The van der Waals surface area contributed by atoms with E-state index < -0.39 is 0 Å². The quantitative estimate of drug-likeness (QED) is 0.627. The molecule has 0 aliphatic heterocycles. The number of aromatic amines is 1. The average molecular weight is 323 g/mol. The van der Waals surface area contributed by atoms with Gasteiger partial charge in [-0.05, 0) is 34.7 Å². The van der Waals surface area contributed by atoms with Crippen LogP contribution in [0.15, 0.2) is 60.8 Å². The Morgan fingerprint density at radius 1 is 0.957 bits per heavy atom. The van der Waals surface area contributed by atoms with Gasteiger partial charge in [-0.2, -0.15) is 9.78 Å². The number of hydrogen-bond donors (Lipinski definition) is 1. The molecule has 4 aromatic rings. The number of aromatic nitrogens is 6. The number of halogens is 1. The fourth-order valence-corrected chi connectivity index (χ4v) is 2.52. The number of benzene rings is 2. The third kappa shape index (κ3) is 2.49. The van der Waals surface area contributed by atoms with Crippen molar-refractivity contribution < 1.29 is 0 Å². The molecule has 0 aliphatic rings. The zero-order valence-corrected chi connectivity index (χ0v) is 12.6. The minimum atomic E-state index is 0.611. The third-order valence-electron chi connectivity index (χ3n) is 3.48. The van der Waals surface area contributed by atoms with Crippen molar-refractivity contribution >= 4 is 11.6 Å².